The molecule has 1 atom stereocenters. The summed E-state index contributed by atoms with van der Waals surface area (Å²) in [6.07, 6.45) is 0. The number of halogens is 4. The van der Waals surface area contributed by atoms with Crippen LogP contribution in [-0.2, 0) is 9.59 Å². The Morgan fingerprint density at radius 3 is 2.17 bits per heavy atom. The van der Waals surface area contributed by atoms with E-state index in [-0.39, 0.29) is 0 Å². The van der Waals surface area contributed by atoms with Crippen molar-refractivity contribution in [1.82, 2.24) is 0 Å². The van der Waals surface area contributed by atoms with Gasteiger partial charge < -0.3 is 0 Å². The molecular weight excluding hydrogens is 217 g/mol. The van der Waals surface area contributed by atoms with Crippen molar-refractivity contribution in [3.8, 4) is 0 Å². The molecule has 0 rings (SSSR count). The Kier molecular flexibility index (Phi) is 4.05. The Morgan fingerprint density at radius 2 is 1.92 bits per heavy atom. The van der Waals surface area contributed by atoms with E-state index in [4.69, 9.17) is 0 Å². The molecule has 0 aromatic carbocycles. The molecular formula is C5H4ClF3O2S. The molecule has 2 nitrogen and oxygen atoms in total. The lowest BCUT2D eigenvalue weighted by Crippen LogP contribution is -2.31. The van der Waals surface area contributed by atoms with E-state index in [2.05, 4.69) is 11.6 Å². The third-order valence-electron chi connectivity index (χ3n) is 0.757. The second-order valence-electron chi connectivity index (χ2n) is 1.78. The predicted octanol–water partition coefficient (Wildman–Crippen LogP) is 1.96. The summed E-state index contributed by atoms with van der Waals surface area (Å²) in [5, 5.41) is -5.06. The molecule has 0 aliphatic rings. The van der Waals surface area contributed by atoms with Crippen LogP contribution < -0.4 is 0 Å². The minimum atomic E-state index is -4.08. The molecule has 0 N–H and O–H groups in total. The molecule has 0 heterocycles. The van der Waals surface area contributed by atoms with Crippen molar-refractivity contribution in [2.24, 2.45) is 0 Å². The van der Waals surface area contributed by atoms with Crippen LogP contribution in [0.2, 0.25) is 0 Å². The zero-order valence-corrected chi connectivity index (χ0v) is 7.39. The molecule has 0 fully saturated rings. The van der Waals surface area contributed by atoms with Crippen LogP contribution in [0.25, 0.3) is 0 Å². The first-order valence-corrected chi connectivity index (χ1v) is 3.92. The van der Waals surface area contributed by atoms with Crippen molar-refractivity contribution in [3.05, 3.63) is 0 Å². The van der Waals surface area contributed by atoms with Crippen LogP contribution >= 0.6 is 23.4 Å². The summed E-state index contributed by atoms with van der Waals surface area (Å²) in [7, 11) is 0. The van der Waals surface area contributed by atoms with E-state index in [0.29, 0.717) is 0 Å². The summed E-state index contributed by atoms with van der Waals surface area (Å²) in [6.45, 7) is 0.841. The van der Waals surface area contributed by atoms with Crippen LogP contribution in [0.5, 0.6) is 0 Å². The number of alkyl halides is 4. The first-order valence-electron chi connectivity index (χ1n) is 2.67. The van der Waals surface area contributed by atoms with Gasteiger partial charge in [0.25, 0.3) is 5.78 Å². The van der Waals surface area contributed by atoms with Gasteiger partial charge in [-0.25, -0.2) is 4.39 Å². The molecule has 0 aliphatic heterocycles. The van der Waals surface area contributed by atoms with E-state index in [1.165, 1.54) is 0 Å². The van der Waals surface area contributed by atoms with Crippen molar-refractivity contribution in [2.45, 2.75) is 17.8 Å². The molecule has 0 bridgehead atoms. The number of Topliss-reactive ketones (excluding diaryl/α,β-unsaturated/α-hetero) is 1. The van der Waals surface area contributed by atoms with Crippen molar-refractivity contribution in [1.29, 1.82) is 0 Å². The second kappa shape index (κ2) is 4.13. The van der Waals surface area contributed by atoms with Gasteiger partial charge in [0.15, 0.2) is 5.12 Å². The van der Waals surface area contributed by atoms with Crippen molar-refractivity contribution >= 4 is 34.3 Å². The van der Waals surface area contributed by atoms with Gasteiger partial charge in [-0.15, -0.1) is 0 Å². The topological polar surface area (TPSA) is 34.1 Å². The molecule has 0 saturated heterocycles. The summed E-state index contributed by atoms with van der Waals surface area (Å²) in [4.78, 5) is 20.4. The first-order chi connectivity index (χ1) is 5.27. The van der Waals surface area contributed by atoms with Crippen molar-refractivity contribution in [3.63, 3.8) is 0 Å². The Hall–Kier alpha value is -0.230. The smallest absolute Gasteiger partial charge is 0.287 e. The van der Waals surface area contributed by atoms with Gasteiger partial charge in [-0.2, -0.15) is 8.78 Å². The van der Waals surface area contributed by atoms with Gasteiger partial charge in [0.1, 0.15) is 0 Å². The first kappa shape index (κ1) is 11.8. The average molecular weight is 221 g/mol. The van der Waals surface area contributed by atoms with Crippen LogP contribution in [0.3, 0.4) is 0 Å². The Bertz CT molecular complexity index is 207. The number of rotatable bonds is 3. The number of ketones is 1. The molecule has 0 amide bonds. The lowest BCUT2D eigenvalue weighted by molar-refractivity contribution is -0.135. The zero-order valence-electron chi connectivity index (χ0n) is 5.81. The normalized spacial score (nSPS) is 14.1. The summed E-state index contributed by atoms with van der Waals surface area (Å²) in [5.41, 5.74) is -2.79. The minimum absolute atomic E-state index is 0.553. The van der Waals surface area contributed by atoms with Crippen LogP contribution in [0.15, 0.2) is 0 Å². The van der Waals surface area contributed by atoms with Gasteiger partial charge in [-0.3, -0.25) is 9.59 Å². The maximum atomic E-state index is 12.4. The third kappa shape index (κ3) is 3.44. The highest BCUT2D eigenvalue weighted by atomic mass is 35.5. The van der Waals surface area contributed by atoms with Gasteiger partial charge in [0.2, 0.25) is 5.63 Å². The van der Waals surface area contributed by atoms with E-state index in [9.17, 15) is 22.8 Å². The molecule has 0 aliphatic carbocycles. The second-order valence-corrected chi connectivity index (χ2v) is 3.45. The number of hydrogen-bond acceptors (Lipinski definition) is 3. The maximum absolute atomic E-state index is 12.4. The minimum Gasteiger partial charge on any atom is -0.287 e. The fourth-order valence-corrected chi connectivity index (χ4v) is 1.12. The number of carbonyl (C=O) groups excluding carboxylic acids is 2. The highest BCUT2D eigenvalue weighted by Gasteiger charge is 2.44. The number of thioether (sulfide) groups is 1. The fraction of sp³-hybridized carbons (Fsp3) is 0.600. The number of hydrogen-bond donors (Lipinski definition) is 0. The van der Waals surface area contributed by atoms with Crippen LogP contribution in [0, 0.1) is 0 Å². The summed E-state index contributed by atoms with van der Waals surface area (Å²) >= 11 is 3.92. The van der Waals surface area contributed by atoms with Crippen molar-refractivity contribution < 1.29 is 22.8 Å². The SMILES string of the molecule is CC(=O)SC(F)(F)C(=O)C(F)Cl. The zero-order chi connectivity index (χ0) is 9.94. The Morgan fingerprint density at radius 1 is 1.50 bits per heavy atom. The standard InChI is InChI=1S/C5H4ClF3O2S/c1-2(10)12-5(8,9)3(11)4(6)7/h4H,1H3. The molecule has 0 radical (unpaired) electrons. The molecule has 0 saturated carbocycles. The van der Waals surface area contributed by atoms with Crippen LogP contribution in [-0.4, -0.2) is 21.8 Å². The van der Waals surface area contributed by atoms with E-state index in [1.807, 2.05) is 0 Å². The predicted molar refractivity (Wildman–Crippen MR) is 39.0 cm³/mol. The average Bonchev–Trinajstić information content (AvgIpc) is 1.82. The van der Waals surface area contributed by atoms with E-state index < -0.39 is 33.5 Å². The maximum Gasteiger partial charge on any atom is 0.362 e. The largest absolute Gasteiger partial charge is 0.362 e. The molecule has 12 heavy (non-hydrogen) atoms. The Labute approximate surface area is 75.4 Å². The molecule has 0 aromatic heterocycles. The van der Waals surface area contributed by atoms with E-state index >= 15 is 0 Å². The summed E-state index contributed by atoms with van der Waals surface area (Å²) in [6, 6.07) is 0. The third-order valence-corrected chi connectivity index (χ3v) is 1.70. The molecule has 1 unspecified atom stereocenters. The summed E-state index contributed by atoms with van der Waals surface area (Å²) in [5.74, 6) is -2.11. The van der Waals surface area contributed by atoms with Gasteiger partial charge in [-0.05, 0) is 11.8 Å². The van der Waals surface area contributed by atoms with Gasteiger partial charge >= 0.3 is 5.25 Å². The van der Waals surface area contributed by atoms with E-state index in [0.717, 1.165) is 6.92 Å². The van der Waals surface area contributed by atoms with Crippen LogP contribution in [0.1, 0.15) is 6.92 Å². The van der Waals surface area contributed by atoms with Gasteiger partial charge in [0.05, 0.1) is 0 Å². The van der Waals surface area contributed by atoms with Gasteiger partial charge in [0, 0.05) is 6.92 Å². The Balaban J connectivity index is 4.39. The summed E-state index contributed by atoms with van der Waals surface area (Å²) < 4.78 is 36.6. The quantitative estimate of drug-likeness (QED) is 0.682. The fourth-order valence-electron chi connectivity index (χ4n) is 0.358. The lowest BCUT2D eigenvalue weighted by Gasteiger charge is -2.11. The van der Waals surface area contributed by atoms with Crippen molar-refractivity contribution in [2.75, 3.05) is 0 Å². The van der Waals surface area contributed by atoms with E-state index in [1.54, 1.807) is 0 Å². The highest BCUT2D eigenvalue weighted by molar-refractivity contribution is 8.15. The lowest BCUT2D eigenvalue weighted by atomic mass is 10.4. The molecule has 70 valence electrons. The molecule has 0 aromatic rings. The van der Waals surface area contributed by atoms with Crippen LogP contribution in [0.4, 0.5) is 13.2 Å². The molecule has 7 heteroatoms. The van der Waals surface area contributed by atoms with Gasteiger partial charge in [-0.1, -0.05) is 11.6 Å². The molecule has 0 spiro atoms. The number of carbonyl (C=O) groups is 2. The highest BCUT2D eigenvalue weighted by Crippen LogP contribution is 2.32. The monoisotopic (exact) mass is 220 g/mol.